The number of carbonyl (C=O) groups is 2. The van der Waals surface area contributed by atoms with Crippen LogP contribution in [0.2, 0.25) is 0 Å². The highest BCUT2D eigenvalue weighted by Crippen LogP contribution is 2.43. The molecule has 1 N–H and O–H groups in total. The van der Waals surface area contributed by atoms with E-state index < -0.39 is 26.5 Å². The summed E-state index contributed by atoms with van der Waals surface area (Å²) in [6.07, 6.45) is 104. The van der Waals surface area contributed by atoms with Crippen LogP contribution in [0.1, 0.15) is 425 Å². The van der Waals surface area contributed by atoms with Crippen molar-refractivity contribution in [1.82, 2.24) is 0 Å². The molecule has 0 aromatic carbocycles. The second kappa shape index (κ2) is 76.9. The van der Waals surface area contributed by atoms with Crippen molar-refractivity contribution in [3.05, 3.63) is 60.8 Å². The summed E-state index contributed by atoms with van der Waals surface area (Å²) in [6, 6.07) is 0. The lowest BCUT2D eigenvalue weighted by atomic mass is 10.0. The highest BCUT2D eigenvalue weighted by atomic mass is 31.2. The molecule has 0 aromatic heterocycles. The fourth-order valence-electron chi connectivity index (χ4n) is 12.6. The number of rotatable bonds is 79. The molecular weight excluding hydrogens is 1210 g/mol. The number of hydrogen-bond donors (Lipinski definition) is 1. The molecule has 0 aliphatic rings. The Morgan fingerprint density at radius 1 is 0.323 bits per heavy atom. The first-order chi connectivity index (χ1) is 47.0. The van der Waals surface area contributed by atoms with E-state index in [1.807, 2.05) is 21.1 Å². The number of esters is 2. The molecule has 0 spiro atoms. The molecule has 0 heterocycles. The van der Waals surface area contributed by atoms with E-state index >= 15 is 0 Å². The van der Waals surface area contributed by atoms with Crippen molar-refractivity contribution < 1.29 is 42.1 Å². The zero-order chi connectivity index (χ0) is 69.7. The molecule has 564 valence electrons. The molecule has 0 aliphatic heterocycles. The maximum Gasteiger partial charge on any atom is 0.472 e. The van der Waals surface area contributed by atoms with Crippen LogP contribution >= 0.6 is 7.82 Å². The van der Waals surface area contributed by atoms with E-state index in [0.29, 0.717) is 23.9 Å². The predicted molar refractivity (Wildman–Crippen MR) is 418 cm³/mol. The van der Waals surface area contributed by atoms with Crippen LogP contribution in [0.3, 0.4) is 0 Å². The van der Waals surface area contributed by atoms with Gasteiger partial charge in [-0.05, 0) is 83.5 Å². The molecule has 2 unspecified atom stereocenters. The summed E-state index contributed by atoms with van der Waals surface area (Å²) >= 11 is 0. The van der Waals surface area contributed by atoms with Gasteiger partial charge in [-0.2, -0.15) is 0 Å². The number of hydrogen-bond acceptors (Lipinski definition) is 7. The van der Waals surface area contributed by atoms with Crippen LogP contribution in [0, 0.1) is 0 Å². The largest absolute Gasteiger partial charge is 0.472 e. The van der Waals surface area contributed by atoms with Crippen LogP contribution in [0.5, 0.6) is 0 Å². The second-order valence-corrected chi connectivity index (χ2v) is 31.3. The highest BCUT2D eigenvalue weighted by Gasteiger charge is 2.27. The van der Waals surface area contributed by atoms with E-state index in [4.69, 9.17) is 18.5 Å². The molecule has 0 aliphatic carbocycles. The van der Waals surface area contributed by atoms with E-state index in [1.54, 1.807) is 0 Å². The number of phosphoric acid groups is 1. The second-order valence-electron chi connectivity index (χ2n) is 29.9. The fraction of sp³-hybridized carbons (Fsp3) is 0.860. The number of carbonyl (C=O) groups excluding carboxylic acids is 2. The van der Waals surface area contributed by atoms with Crippen LogP contribution in [-0.2, 0) is 32.7 Å². The monoisotopic (exact) mass is 1370 g/mol. The van der Waals surface area contributed by atoms with Crippen molar-refractivity contribution >= 4 is 19.8 Å². The Morgan fingerprint density at radius 2 is 0.562 bits per heavy atom. The maximum absolute atomic E-state index is 12.9. The third kappa shape index (κ3) is 80.7. The predicted octanol–water partition coefficient (Wildman–Crippen LogP) is 28.1. The minimum atomic E-state index is -4.39. The molecule has 0 aromatic rings. The molecule has 96 heavy (non-hydrogen) atoms. The van der Waals surface area contributed by atoms with Crippen LogP contribution in [-0.4, -0.2) is 74.9 Å². The molecule has 0 saturated carbocycles. The fourth-order valence-corrected chi connectivity index (χ4v) is 13.3. The Kier molecular flexibility index (Phi) is 75.0. The lowest BCUT2D eigenvalue weighted by Gasteiger charge is -2.24. The van der Waals surface area contributed by atoms with Gasteiger partial charge < -0.3 is 18.9 Å². The van der Waals surface area contributed by atoms with E-state index in [2.05, 4.69) is 74.6 Å². The minimum Gasteiger partial charge on any atom is -0.462 e. The van der Waals surface area contributed by atoms with Crippen LogP contribution in [0.25, 0.3) is 0 Å². The lowest BCUT2D eigenvalue weighted by Crippen LogP contribution is -2.37. The Balaban J connectivity index is 3.89. The summed E-state index contributed by atoms with van der Waals surface area (Å²) in [4.78, 5) is 36.0. The molecule has 0 amide bonds. The molecule has 0 rings (SSSR count). The zero-order valence-electron chi connectivity index (χ0n) is 64.6. The summed E-state index contributed by atoms with van der Waals surface area (Å²) in [5.74, 6) is -0.773. The molecular formula is C86H163NO8P+. The highest BCUT2D eigenvalue weighted by molar-refractivity contribution is 7.47. The zero-order valence-corrected chi connectivity index (χ0v) is 65.5. The van der Waals surface area contributed by atoms with Crippen molar-refractivity contribution in [3.8, 4) is 0 Å². The molecule has 2 atom stereocenters. The number of quaternary nitrogens is 1. The van der Waals surface area contributed by atoms with Gasteiger partial charge in [-0.15, -0.1) is 0 Å². The van der Waals surface area contributed by atoms with Crippen molar-refractivity contribution in [2.24, 2.45) is 0 Å². The van der Waals surface area contributed by atoms with Gasteiger partial charge >= 0.3 is 19.8 Å². The van der Waals surface area contributed by atoms with Crippen molar-refractivity contribution in [3.63, 3.8) is 0 Å². The normalized spacial score (nSPS) is 13.3. The number of unbranched alkanes of at least 4 members (excludes halogenated alkanes) is 55. The van der Waals surface area contributed by atoms with Crippen molar-refractivity contribution in [1.29, 1.82) is 0 Å². The SMILES string of the molecule is CCCCCCC/C=C\C/C=C\C/C=C\CCCCCCCCCCCCCCCCCCCCCCCCC(=O)OC(COC(=O)CCCCCCCCCCCCCCCCCCCCCCCCC/C=C\C/C=C\CCCCCCC)COP(=O)(O)OCC[N+](C)(C)C. The van der Waals surface area contributed by atoms with Gasteiger partial charge in [-0.25, -0.2) is 4.57 Å². The quantitative estimate of drug-likeness (QED) is 0.0211. The minimum absolute atomic E-state index is 0.0342. The first kappa shape index (κ1) is 93.7. The Hall–Kier alpha value is -2.29. The summed E-state index contributed by atoms with van der Waals surface area (Å²) < 4.78 is 34.9. The molecule has 0 bridgehead atoms. The van der Waals surface area contributed by atoms with Gasteiger partial charge in [-0.3, -0.25) is 18.6 Å². The average Bonchev–Trinajstić information content (AvgIpc) is 2.72. The molecule has 10 heteroatoms. The van der Waals surface area contributed by atoms with E-state index in [0.717, 1.165) is 51.4 Å². The average molecular weight is 1370 g/mol. The summed E-state index contributed by atoms with van der Waals surface area (Å²) in [5, 5.41) is 0. The lowest BCUT2D eigenvalue weighted by molar-refractivity contribution is -0.870. The van der Waals surface area contributed by atoms with Crippen molar-refractivity contribution in [2.45, 2.75) is 431 Å². The van der Waals surface area contributed by atoms with Crippen LogP contribution in [0.15, 0.2) is 60.8 Å². The van der Waals surface area contributed by atoms with Crippen LogP contribution in [0.4, 0.5) is 0 Å². The Morgan fingerprint density at radius 3 is 0.833 bits per heavy atom. The number of nitrogens with zero attached hydrogens (tertiary/aromatic N) is 1. The smallest absolute Gasteiger partial charge is 0.462 e. The third-order valence-electron chi connectivity index (χ3n) is 19.0. The van der Waals surface area contributed by atoms with Gasteiger partial charge in [0.1, 0.15) is 19.8 Å². The Labute approximate surface area is 597 Å². The van der Waals surface area contributed by atoms with Gasteiger partial charge in [0, 0.05) is 12.8 Å². The number of likely N-dealkylation sites (N-methyl/N-ethyl adjacent to an activating group) is 1. The maximum atomic E-state index is 12.9. The first-order valence-corrected chi connectivity index (χ1v) is 43.5. The molecule has 0 radical (unpaired) electrons. The first-order valence-electron chi connectivity index (χ1n) is 42.0. The molecule has 0 saturated heterocycles. The molecule has 9 nitrogen and oxygen atoms in total. The topological polar surface area (TPSA) is 108 Å². The van der Waals surface area contributed by atoms with Gasteiger partial charge in [0.05, 0.1) is 27.7 Å². The van der Waals surface area contributed by atoms with E-state index in [-0.39, 0.29) is 25.6 Å². The van der Waals surface area contributed by atoms with E-state index in [9.17, 15) is 19.0 Å². The summed E-state index contributed by atoms with van der Waals surface area (Å²) in [7, 11) is 1.50. The number of phosphoric ester groups is 1. The van der Waals surface area contributed by atoms with Crippen LogP contribution < -0.4 is 0 Å². The standard InChI is InChI=1S/C86H162NO8P/c1-6-8-10-12-14-16-18-20-22-24-26-28-30-32-34-36-38-40-42-43-45-47-49-51-53-55-57-59-61-63-65-67-69-71-73-75-77-79-86(89)95-84(83-94-96(90,91)93-81-80-87(3,4)5)82-92-85(88)78-76-74-72-70-68-66-64-62-60-58-56-54-52-50-48-46-44-41-39-37-35-33-31-29-27-25-23-21-19-17-15-13-11-9-7-2/h18-21,24-27,30,32,84H,6-17,22-23,28-29,31,33-83H2,1-5H3/p+1/b20-18-,21-19-,26-24-,27-25-,32-30-. The summed E-state index contributed by atoms with van der Waals surface area (Å²) in [6.45, 7) is 4.49. The van der Waals surface area contributed by atoms with Gasteiger partial charge in [0.15, 0.2) is 6.10 Å². The van der Waals surface area contributed by atoms with Gasteiger partial charge in [0.2, 0.25) is 0 Å². The Bertz CT molecular complexity index is 1800. The number of ether oxygens (including phenoxy) is 2. The number of allylic oxidation sites excluding steroid dienone is 10. The summed E-state index contributed by atoms with van der Waals surface area (Å²) in [5.41, 5.74) is 0. The van der Waals surface area contributed by atoms with Gasteiger partial charge in [0.25, 0.3) is 0 Å². The van der Waals surface area contributed by atoms with Gasteiger partial charge in [-0.1, -0.05) is 389 Å². The molecule has 0 fully saturated rings. The van der Waals surface area contributed by atoms with E-state index in [1.165, 1.54) is 340 Å². The third-order valence-corrected chi connectivity index (χ3v) is 20.0. The van der Waals surface area contributed by atoms with Crippen molar-refractivity contribution in [2.75, 3.05) is 47.5 Å².